The molecule has 1 aromatic carbocycles. The number of carbonyl (C=O) groups excluding carboxylic acids is 1. The van der Waals surface area contributed by atoms with Crippen LogP contribution in [0.2, 0.25) is 0 Å². The molecule has 15 heteroatoms. The highest BCUT2D eigenvalue weighted by molar-refractivity contribution is 6.06. The number of amides is 1. The quantitative estimate of drug-likeness (QED) is 0.111. The molecule has 1 atom stereocenters. The molecule has 1 amide bonds. The minimum atomic E-state index is -3.25. The van der Waals surface area contributed by atoms with Gasteiger partial charge in [-0.15, -0.1) is 0 Å². The average molecular weight is 707 g/mol. The average Bonchev–Trinajstić information content (AvgIpc) is 3.76. The zero-order valence-corrected chi connectivity index (χ0v) is 27.8. The zero-order chi connectivity index (χ0) is 36.0. The number of benzene rings is 1. The number of nitrogens with zero attached hydrogens (tertiary/aromatic N) is 6. The minimum Gasteiger partial charge on any atom is -0.490 e. The Kier molecular flexibility index (Phi) is 9.12. The van der Waals surface area contributed by atoms with E-state index in [0.29, 0.717) is 35.4 Å². The number of rotatable bonds is 10. The normalized spacial score (nSPS) is 17.0. The van der Waals surface area contributed by atoms with Crippen LogP contribution in [0.1, 0.15) is 29.9 Å². The number of pyridine rings is 2. The van der Waals surface area contributed by atoms with E-state index in [1.54, 1.807) is 27.8 Å². The van der Waals surface area contributed by atoms with E-state index in [1.807, 2.05) is 6.92 Å². The van der Waals surface area contributed by atoms with Crippen LogP contribution in [0.5, 0.6) is 5.75 Å². The number of methoxy groups -OCH3 is 1. The summed E-state index contributed by atoms with van der Waals surface area (Å²) in [4.78, 5) is 24.9. The number of furan rings is 1. The molecule has 0 saturated carbocycles. The van der Waals surface area contributed by atoms with Crippen molar-refractivity contribution in [2.24, 2.45) is 0 Å². The molecule has 2 aliphatic heterocycles. The van der Waals surface area contributed by atoms with Crippen LogP contribution in [0.4, 0.5) is 17.6 Å². The number of hydrogen-bond donors (Lipinski definition) is 1. The second-order valence-electron chi connectivity index (χ2n) is 12.4. The highest BCUT2D eigenvalue weighted by Gasteiger charge is 2.42. The van der Waals surface area contributed by atoms with Gasteiger partial charge in [-0.1, -0.05) is 6.58 Å². The number of β-amino-alcohol motifs (C(OH)–C–C–N with tert-alkyl or cyclic N) is 1. The second-order valence-corrected chi connectivity index (χ2v) is 12.4. The molecule has 0 bridgehead atoms. The Bertz CT molecular complexity index is 2150. The first-order valence-corrected chi connectivity index (χ1v) is 16.3. The highest BCUT2D eigenvalue weighted by atomic mass is 19.3. The smallest absolute Gasteiger partial charge is 0.302 e. The summed E-state index contributed by atoms with van der Waals surface area (Å²) in [5, 5.41) is 14.6. The Morgan fingerprint density at radius 1 is 1.16 bits per heavy atom. The predicted octanol–water partition coefficient (Wildman–Crippen LogP) is 5.71. The van der Waals surface area contributed by atoms with Crippen LogP contribution in [0.3, 0.4) is 0 Å². The Balaban J connectivity index is 1.47. The fraction of sp³-hybridized carbons (Fsp3) is 0.333. The molecule has 0 radical (unpaired) electrons. The third kappa shape index (κ3) is 6.15. The summed E-state index contributed by atoms with van der Waals surface area (Å²) in [5.74, 6) is -5.39. The van der Waals surface area contributed by atoms with Gasteiger partial charge < -0.3 is 23.9 Å². The van der Waals surface area contributed by atoms with Crippen molar-refractivity contribution in [1.29, 1.82) is 0 Å². The first kappa shape index (κ1) is 34.3. The highest BCUT2D eigenvalue weighted by Crippen LogP contribution is 2.47. The van der Waals surface area contributed by atoms with E-state index in [0.717, 1.165) is 12.1 Å². The van der Waals surface area contributed by atoms with Gasteiger partial charge in [0.1, 0.15) is 46.8 Å². The third-order valence-electron chi connectivity index (χ3n) is 9.20. The molecule has 1 unspecified atom stereocenters. The molecule has 2 aliphatic rings. The lowest BCUT2D eigenvalue weighted by molar-refractivity contribution is -0.129. The van der Waals surface area contributed by atoms with Crippen molar-refractivity contribution in [1.82, 2.24) is 29.5 Å². The van der Waals surface area contributed by atoms with Crippen molar-refractivity contribution in [3.05, 3.63) is 84.0 Å². The van der Waals surface area contributed by atoms with Gasteiger partial charge in [0, 0.05) is 61.6 Å². The van der Waals surface area contributed by atoms with E-state index >= 15 is 13.2 Å². The van der Waals surface area contributed by atoms with E-state index in [4.69, 9.17) is 24.0 Å². The summed E-state index contributed by atoms with van der Waals surface area (Å²) in [6.45, 7) is 5.63. The summed E-state index contributed by atoms with van der Waals surface area (Å²) in [6, 6.07) is 6.34. The third-order valence-corrected chi connectivity index (χ3v) is 9.20. The van der Waals surface area contributed by atoms with Crippen LogP contribution in [0, 0.1) is 11.6 Å². The standard InChI is InChI=1S/C36H34F4N6O5/c1-4-29(48)45-6-7-46-27(20(45)2)16-26(43-46)33-30(31-25(38)14-23(37)15-28(31)50-12-11-49-3)24-5-10-51-34(24)32(42-33)21-13-22-18-44(8-9-47)19-36(39,40)35(22)41-17-21/h4-5,10,13-17,20,47H,1,6-9,11-12,18-19H2,2-3H3. The zero-order valence-electron chi connectivity index (χ0n) is 27.8. The van der Waals surface area contributed by atoms with Crippen molar-refractivity contribution < 1.29 is 41.4 Å². The molecule has 4 aromatic heterocycles. The van der Waals surface area contributed by atoms with Gasteiger partial charge in [0.2, 0.25) is 5.91 Å². The molecule has 1 N–H and O–H groups in total. The maximum Gasteiger partial charge on any atom is 0.302 e. The van der Waals surface area contributed by atoms with Gasteiger partial charge >= 0.3 is 5.92 Å². The monoisotopic (exact) mass is 706 g/mol. The van der Waals surface area contributed by atoms with E-state index in [9.17, 15) is 14.3 Å². The molecule has 6 heterocycles. The molecule has 7 rings (SSSR count). The van der Waals surface area contributed by atoms with Crippen LogP contribution in [-0.2, 0) is 28.5 Å². The molecule has 0 saturated heterocycles. The maximum absolute atomic E-state index is 16.1. The maximum atomic E-state index is 16.1. The van der Waals surface area contributed by atoms with Crippen LogP contribution in [-0.4, -0.2) is 87.1 Å². The summed E-state index contributed by atoms with van der Waals surface area (Å²) < 4.78 is 79.7. The van der Waals surface area contributed by atoms with Gasteiger partial charge in [-0.2, -0.15) is 13.9 Å². The number of ether oxygens (including phenoxy) is 2. The molecular weight excluding hydrogens is 672 g/mol. The Labute approximate surface area is 289 Å². The van der Waals surface area contributed by atoms with Gasteiger partial charge in [0.25, 0.3) is 0 Å². The lowest BCUT2D eigenvalue weighted by Gasteiger charge is -2.33. The fourth-order valence-electron chi connectivity index (χ4n) is 6.89. The van der Waals surface area contributed by atoms with Crippen LogP contribution in [0.25, 0.3) is 44.7 Å². The van der Waals surface area contributed by atoms with Crippen molar-refractivity contribution >= 4 is 16.9 Å². The summed E-state index contributed by atoms with van der Waals surface area (Å²) >= 11 is 0. The first-order valence-electron chi connectivity index (χ1n) is 16.3. The molecule has 51 heavy (non-hydrogen) atoms. The van der Waals surface area contributed by atoms with Gasteiger partial charge in [0.15, 0.2) is 5.58 Å². The van der Waals surface area contributed by atoms with Crippen molar-refractivity contribution in [3.63, 3.8) is 0 Å². The number of carbonyl (C=O) groups is 1. The number of fused-ring (bicyclic) bond motifs is 3. The van der Waals surface area contributed by atoms with Crippen molar-refractivity contribution in [3.8, 4) is 39.5 Å². The van der Waals surface area contributed by atoms with Gasteiger partial charge in [-0.05, 0) is 36.8 Å². The molecular formula is C36H34F4N6O5. The molecule has 266 valence electrons. The minimum absolute atomic E-state index is 0.00997. The SMILES string of the molecule is C=CC(=O)N1CCn2nc(-c3nc(-c4cnc5c(c4)CN(CCO)CC5(F)F)c4occc4c3-c3c(F)cc(F)cc3OCCOC)cc2C1C. The molecule has 11 nitrogen and oxygen atoms in total. The molecule has 0 spiro atoms. The van der Waals surface area contributed by atoms with Crippen LogP contribution in [0.15, 0.2) is 59.9 Å². The summed E-state index contributed by atoms with van der Waals surface area (Å²) in [7, 11) is 1.47. The van der Waals surface area contributed by atoms with E-state index < -0.39 is 30.1 Å². The van der Waals surface area contributed by atoms with E-state index in [2.05, 4.69) is 11.6 Å². The number of aliphatic hydroxyl groups is 1. The number of aliphatic hydroxyl groups excluding tert-OH is 1. The Morgan fingerprint density at radius 2 is 1.98 bits per heavy atom. The predicted molar refractivity (Wildman–Crippen MR) is 178 cm³/mol. The second kappa shape index (κ2) is 13.5. The molecule has 0 aliphatic carbocycles. The van der Waals surface area contributed by atoms with E-state index in [-0.39, 0.29) is 83.9 Å². The van der Waals surface area contributed by atoms with Crippen LogP contribution < -0.4 is 4.74 Å². The molecule has 5 aromatic rings. The van der Waals surface area contributed by atoms with Crippen molar-refractivity contribution in [2.45, 2.75) is 32.0 Å². The summed E-state index contributed by atoms with van der Waals surface area (Å²) in [5.41, 5.74) is 1.90. The number of alkyl halides is 2. The van der Waals surface area contributed by atoms with E-state index in [1.165, 1.54) is 30.5 Å². The lowest BCUT2D eigenvalue weighted by atomic mass is 9.94. The fourth-order valence-corrected chi connectivity index (χ4v) is 6.89. The number of hydrogen-bond acceptors (Lipinski definition) is 9. The van der Waals surface area contributed by atoms with Crippen LogP contribution >= 0.6 is 0 Å². The van der Waals surface area contributed by atoms with Gasteiger partial charge in [0.05, 0.1) is 49.9 Å². The van der Waals surface area contributed by atoms with Gasteiger partial charge in [-0.25, -0.2) is 13.8 Å². The largest absolute Gasteiger partial charge is 0.490 e. The summed E-state index contributed by atoms with van der Waals surface area (Å²) in [6.07, 6.45) is 3.92. The van der Waals surface area contributed by atoms with Gasteiger partial charge in [-0.3, -0.25) is 19.4 Å². The molecule has 0 fully saturated rings. The van der Waals surface area contributed by atoms with Crippen molar-refractivity contribution in [2.75, 3.05) is 46.6 Å². The lowest BCUT2D eigenvalue weighted by Crippen LogP contribution is -2.42. The number of halogens is 4. The number of aromatic nitrogens is 4. The Morgan fingerprint density at radius 3 is 2.75 bits per heavy atom. The topological polar surface area (TPSA) is 119 Å². The Hall–Kier alpha value is -5.12. The first-order chi connectivity index (χ1) is 24.5.